The number of hydrogen-bond donors (Lipinski definition) is 1. The molecule has 3 rings (SSSR count). The number of thiocarbonyl (C=S) groups is 1. The number of nitrogens with one attached hydrogen (secondary N) is 1. The highest BCUT2D eigenvalue weighted by molar-refractivity contribution is 7.80. The molecule has 1 aliphatic rings. The molecule has 3 nitrogen and oxygen atoms in total. The summed E-state index contributed by atoms with van der Waals surface area (Å²) < 4.78 is 0. The molecule has 1 N–H and O–H groups in total. The highest BCUT2D eigenvalue weighted by Crippen LogP contribution is 2.21. The van der Waals surface area contributed by atoms with Crippen LogP contribution in [0.25, 0.3) is 6.08 Å². The van der Waals surface area contributed by atoms with Crippen LogP contribution in [-0.2, 0) is 0 Å². The van der Waals surface area contributed by atoms with Crippen LogP contribution >= 0.6 is 23.8 Å². The molecule has 5 heteroatoms. The second-order valence-corrected chi connectivity index (χ2v) is 6.80. The average Bonchev–Trinajstić information content (AvgIpc) is 2.65. The molecule has 0 unspecified atom stereocenters. The third kappa shape index (κ3) is 5.30. The predicted molar refractivity (Wildman–Crippen MR) is 111 cm³/mol. The molecule has 0 amide bonds. The summed E-state index contributed by atoms with van der Waals surface area (Å²) in [6.07, 6.45) is 4.40. The second kappa shape index (κ2) is 8.99. The molecule has 25 heavy (non-hydrogen) atoms. The van der Waals surface area contributed by atoms with E-state index in [0.29, 0.717) is 5.02 Å². The van der Waals surface area contributed by atoms with Crippen molar-refractivity contribution in [1.82, 2.24) is 9.80 Å². The Kier molecular flexibility index (Phi) is 6.45. The zero-order valence-corrected chi connectivity index (χ0v) is 15.6. The molecule has 1 fully saturated rings. The lowest BCUT2D eigenvalue weighted by molar-refractivity contribution is 0.200. The molecule has 1 saturated heterocycles. The van der Waals surface area contributed by atoms with Crippen LogP contribution in [0.4, 0.5) is 5.69 Å². The molecule has 0 aromatic heterocycles. The first-order valence-electron chi connectivity index (χ1n) is 8.47. The summed E-state index contributed by atoms with van der Waals surface area (Å²) >= 11 is 11.7. The fourth-order valence-electron chi connectivity index (χ4n) is 2.79. The molecule has 0 saturated carbocycles. The number of hydrogen-bond acceptors (Lipinski definition) is 2. The van der Waals surface area contributed by atoms with Gasteiger partial charge in [0.25, 0.3) is 0 Å². The largest absolute Gasteiger partial charge is 0.346 e. The number of piperazine rings is 1. The van der Waals surface area contributed by atoms with Crippen molar-refractivity contribution in [3.05, 3.63) is 71.3 Å². The summed E-state index contributed by atoms with van der Waals surface area (Å²) in [7, 11) is 0. The fraction of sp³-hybridized carbons (Fsp3) is 0.250. The zero-order chi connectivity index (χ0) is 17.5. The van der Waals surface area contributed by atoms with Crippen molar-refractivity contribution in [1.29, 1.82) is 0 Å². The van der Waals surface area contributed by atoms with Gasteiger partial charge in [-0.05, 0) is 29.9 Å². The maximum atomic E-state index is 6.18. The van der Waals surface area contributed by atoms with Gasteiger partial charge in [0.15, 0.2) is 5.11 Å². The molecule has 2 aromatic rings. The Labute approximate surface area is 159 Å². The molecule has 0 radical (unpaired) electrons. The summed E-state index contributed by atoms with van der Waals surface area (Å²) in [5.41, 5.74) is 2.11. The third-order valence-electron chi connectivity index (χ3n) is 4.25. The van der Waals surface area contributed by atoms with E-state index >= 15 is 0 Å². The number of nitrogens with zero attached hydrogens (tertiary/aromatic N) is 2. The Morgan fingerprint density at radius 2 is 1.68 bits per heavy atom. The monoisotopic (exact) mass is 371 g/mol. The zero-order valence-electron chi connectivity index (χ0n) is 14.1. The van der Waals surface area contributed by atoms with Crippen LogP contribution < -0.4 is 5.32 Å². The molecular formula is C20H22ClN3S. The Morgan fingerprint density at radius 3 is 2.40 bits per heavy atom. The van der Waals surface area contributed by atoms with Crippen LogP contribution in [0.15, 0.2) is 60.7 Å². The lowest BCUT2D eigenvalue weighted by Gasteiger charge is -2.35. The van der Waals surface area contributed by atoms with Gasteiger partial charge in [-0.2, -0.15) is 0 Å². The van der Waals surface area contributed by atoms with Crippen molar-refractivity contribution < 1.29 is 0 Å². The van der Waals surface area contributed by atoms with Gasteiger partial charge in [-0.25, -0.2) is 0 Å². The van der Waals surface area contributed by atoms with Gasteiger partial charge in [0.1, 0.15) is 0 Å². The third-order valence-corrected chi connectivity index (χ3v) is 4.94. The van der Waals surface area contributed by atoms with Crippen molar-refractivity contribution in [2.24, 2.45) is 0 Å². The van der Waals surface area contributed by atoms with Crippen molar-refractivity contribution in [3.63, 3.8) is 0 Å². The van der Waals surface area contributed by atoms with E-state index < -0.39 is 0 Å². The molecule has 1 aliphatic heterocycles. The first-order valence-corrected chi connectivity index (χ1v) is 9.25. The molecule has 2 aromatic carbocycles. The van der Waals surface area contributed by atoms with Gasteiger partial charge >= 0.3 is 0 Å². The van der Waals surface area contributed by atoms with E-state index in [1.165, 1.54) is 5.56 Å². The Hall–Kier alpha value is -1.88. The van der Waals surface area contributed by atoms with E-state index in [1.54, 1.807) is 0 Å². The van der Waals surface area contributed by atoms with Gasteiger partial charge in [0, 0.05) is 32.7 Å². The minimum atomic E-state index is 0.689. The predicted octanol–water partition coefficient (Wildman–Crippen LogP) is 4.37. The van der Waals surface area contributed by atoms with E-state index in [0.717, 1.165) is 43.5 Å². The SMILES string of the molecule is S=C(Nc1ccccc1Cl)N1CCN(C/C=C/c2ccccc2)CC1. The Bertz CT molecular complexity index is 725. The molecule has 0 atom stereocenters. The number of halogens is 1. The van der Waals surface area contributed by atoms with E-state index in [-0.39, 0.29) is 0 Å². The topological polar surface area (TPSA) is 18.5 Å². The van der Waals surface area contributed by atoms with Gasteiger partial charge in [0.05, 0.1) is 10.7 Å². The maximum absolute atomic E-state index is 6.18. The van der Waals surface area contributed by atoms with Crippen LogP contribution in [0, 0.1) is 0 Å². The molecular weight excluding hydrogens is 350 g/mol. The first kappa shape index (κ1) is 17.9. The quantitative estimate of drug-likeness (QED) is 0.804. The molecule has 0 aliphatic carbocycles. The Balaban J connectivity index is 1.44. The maximum Gasteiger partial charge on any atom is 0.173 e. The summed E-state index contributed by atoms with van der Waals surface area (Å²) in [4.78, 5) is 4.64. The smallest absolute Gasteiger partial charge is 0.173 e. The fourth-order valence-corrected chi connectivity index (χ4v) is 3.27. The van der Waals surface area contributed by atoms with Gasteiger partial charge in [0.2, 0.25) is 0 Å². The van der Waals surface area contributed by atoms with E-state index in [4.69, 9.17) is 23.8 Å². The van der Waals surface area contributed by atoms with E-state index in [9.17, 15) is 0 Å². The van der Waals surface area contributed by atoms with Gasteiger partial charge in [-0.15, -0.1) is 0 Å². The summed E-state index contributed by atoms with van der Waals surface area (Å²) in [6.45, 7) is 4.82. The lowest BCUT2D eigenvalue weighted by Crippen LogP contribution is -2.49. The molecule has 0 bridgehead atoms. The number of anilines is 1. The van der Waals surface area contributed by atoms with Crippen LogP contribution in [0.5, 0.6) is 0 Å². The van der Waals surface area contributed by atoms with Crippen molar-refractivity contribution in [3.8, 4) is 0 Å². The van der Waals surface area contributed by atoms with Crippen LogP contribution in [0.1, 0.15) is 5.56 Å². The second-order valence-electron chi connectivity index (χ2n) is 6.01. The summed E-state index contributed by atoms with van der Waals surface area (Å²) in [5.74, 6) is 0. The van der Waals surface area contributed by atoms with Gasteiger partial charge < -0.3 is 10.2 Å². The van der Waals surface area contributed by atoms with Crippen LogP contribution in [0.3, 0.4) is 0 Å². The van der Waals surface area contributed by atoms with Gasteiger partial charge in [-0.1, -0.05) is 66.2 Å². The number of para-hydroxylation sites is 1. The standard InChI is InChI=1S/C20H22ClN3S/c21-18-10-4-5-11-19(18)22-20(25)24-15-13-23(14-16-24)12-6-9-17-7-2-1-3-8-17/h1-11H,12-16H2,(H,22,25)/b9-6+. The Morgan fingerprint density at radius 1 is 1.00 bits per heavy atom. The first-order chi connectivity index (χ1) is 12.2. The molecule has 130 valence electrons. The van der Waals surface area contributed by atoms with Crippen molar-refractivity contribution >= 4 is 40.7 Å². The lowest BCUT2D eigenvalue weighted by atomic mass is 10.2. The van der Waals surface area contributed by atoms with Crippen LogP contribution in [0.2, 0.25) is 5.02 Å². The van der Waals surface area contributed by atoms with Gasteiger partial charge in [-0.3, -0.25) is 4.90 Å². The molecule has 1 heterocycles. The minimum Gasteiger partial charge on any atom is -0.346 e. The summed E-state index contributed by atoms with van der Waals surface area (Å²) in [6, 6.07) is 18.1. The highest BCUT2D eigenvalue weighted by atomic mass is 35.5. The molecule has 0 spiro atoms. The normalized spacial score (nSPS) is 15.5. The number of rotatable bonds is 4. The van der Waals surface area contributed by atoms with E-state index in [2.05, 4.69) is 51.5 Å². The minimum absolute atomic E-state index is 0.689. The van der Waals surface area contributed by atoms with E-state index in [1.807, 2.05) is 30.3 Å². The van der Waals surface area contributed by atoms with Crippen molar-refractivity contribution in [2.45, 2.75) is 0 Å². The highest BCUT2D eigenvalue weighted by Gasteiger charge is 2.18. The van der Waals surface area contributed by atoms with Crippen LogP contribution in [-0.4, -0.2) is 47.6 Å². The number of benzene rings is 2. The van der Waals surface area contributed by atoms with Crippen molar-refractivity contribution in [2.75, 3.05) is 38.0 Å². The summed E-state index contributed by atoms with van der Waals surface area (Å²) in [5, 5.41) is 4.68. The average molecular weight is 372 g/mol.